The van der Waals surface area contributed by atoms with Gasteiger partial charge in [-0.3, -0.25) is 4.79 Å². The fraction of sp³-hybridized carbons (Fsp3) is 0.900. The van der Waals surface area contributed by atoms with Gasteiger partial charge < -0.3 is 10.2 Å². The van der Waals surface area contributed by atoms with Gasteiger partial charge in [0.1, 0.15) is 0 Å². The highest BCUT2D eigenvalue weighted by atomic mass is 16.2. The molecular formula is C10H20N2O. The summed E-state index contributed by atoms with van der Waals surface area (Å²) in [4.78, 5) is 13.1. The molecule has 0 aromatic carbocycles. The second-order valence-electron chi connectivity index (χ2n) is 3.78. The minimum atomic E-state index is 0.223. The third-order valence-electron chi connectivity index (χ3n) is 2.65. The standard InChI is InChI=1S/C10H20N2O/c1-3-11-7-10-5-4-6-12(8-10)9(2)13/h10-11H,3-8H2,1-2H3. The van der Waals surface area contributed by atoms with Crippen LogP contribution in [0.4, 0.5) is 0 Å². The van der Waals surface area contributed by atoms with Gasteiger partial charge in [0.15, 0.2) is 0 Å². The van der Waals surface area contributed by atoms with Gasteiger partial charge in [0, 0.05) is 20.0 Å². The first-order valence-corrected chi connectivity index (χ1v) is 5.20. The average molecular weight is 184 g/mol. The lowest BCUT2D eigenvalue weighted by Crippen LogP contribution is -2.41. The van der Waals surface area contributed by atoms with Crippen LogP contribution >= 0.6 is 0 Å². The van der Waals surface area contributed by atoms with Gasteiger partial charge in [0.05, 0.1) is 0 Å². The SMILES string of the molecule is CCNCC1CCCN(C(C)=O)C1. The molecule has 0 aromatic rings. The second-order valence-corrected chi connectivity index (χ2v) is 3.78. The Labute approximate surface area is 80.5 Å². The molecule has 13 heavy (non-hydrogen) atoms. The number of carbonyl (C=O) groups is 1. The van der Waals surface area contributed by atoms with E-state index in [1.807, 2.05) is 4.90 Å². The molecule has 0 aromatic heterocycles. The molecule has 1 amide bonds. The summed E-state index contributed by atoms with van der Waals surface area (Å²) in [7, 11) is 0. The Morgan fingerprint density at radius 3 is 3.00 bits per heavy atom. The zero-order valence-corrected chi connectivity index (χ0v) is 8.68. The molecule has 1 saturated heterocycles. The maximum absolute atomic E-state index is 11.1. The van der Waals surface area contributed by atoms with Gasteiger partial charge in [-0.05, 0) is 31.8 Å². The maximum atomic E-state index is 11.1. The van der Waals surface area contributed by atoms with Crippen LogP contribution in [0.1, 0.15) is 26.7 Å². The van der Waals surface area contributed by atoms with E-state index in [2.05, 4.69) is 12.2 Å². The fourth-order valence-electron chi connectivity index (χ4n) is 1.87. The normalized spacial score (nSPS) is 23.2. The van der Waals surface area contributed by atoms with E-state index in [0.29, 0.717) is 5.92 Å². The molecule has 1 aliphatic rings. The minimum absolute atomic E-state index is 0.223. The molecule has 1 N–H and O–H groups in total. The molecular weight excluding hydrogens is 164 g/mol. The van der Waals surface area contributed by atoms with E-state index >= 15 is 0 Å². The quantitative estimate of drug-likeness (QED) is 0.705. The lowest BCUT2D eigenvalue weighted by molar-refractivity contribution is -0.130. The maximum Gasteiger partial charge on any atom is 0.219 e. The highest BCUT2D eigenvalue weighted by molar-refractivity contribution is 5.73. The van der Waals surface area contributed by atoms with Crippen molar-refractivity contribution in [1.82, 2.24) is 10.2 Å². The summed E-state index contributed by atoms with van der Waals surface area (Å²) in [6.45, 7) is 7.76. The van der Waals surface area contributed by atoms with E-state index in [4.69, 9.17) is 0 Å². The first kappa shape index (κ1) is 10.5. The Bertz CT molecular complexity index is 170. The molecule has 1 rings (SSSR count). The van der Waals surface area contributed by atoms with Crippen LogP contribution in [0, 0.1) is 5.92 Å². The van der Waals surface area contributed by atoms with Gasteiger partial charge in [-0.25, -0.2) is 0 Å². The van der Waals surface area contributed by atoms with E-state index in [-0.39, 0.29) is 5.91 Å². The summed E-state index contributed by atoms with van der Waals surface area (Å²) in [5, 5.41) is 3.34. The van der Waals surface area contributed by atoms with Crippen LogP contribution in [0.5, 0.6) is 0 Å². The number of hydrogen-bond donors (Lipinski definition) is 1. The van der Waals surface area contributed by atoms with Crippen molar-refractivity contribution in [2.75, 3.05) is 26.2 Å². The summed E-state index contributed by atoms with van der Waals surface area (Å²) in [5.41, 5.74) is 0. The molecule has 76 valence electrons. The van der Waals surface area contributed by atoms with Gasteiger partial charge in [-0.1, -0.05) is 6.92 Å². The molecule has 0 aliphatic carbocycles. The van der Waals surface area contributed by atoms with Crippen LogP contribution in [-0.2, 0) is 4.79 Å². The van der Waals surface area contributed by atoms with Gasteiger partial charge in [-0.2, -0.15) is 0 Å². The predicted octanol–water partition coefficient (Wildman–Crippen LogP) is 0.854. The molecule has 1 fully saturated rings. The van der Waals surface area contributed by atoms with Crippen LogP contribution in [0.2, 0.25) is 0 Å². The smallest absolute Gasteiger partial charge is 0.219 e. The number of hydrogen-bond acceptors (Lipinski definition) is 2. The van der Waals surface area contributed by atoms with Crippen molar-refractivity contribution in [3.05, 3.63) is 0 Å². The highest BCUT2D eigenvalue weighted by Gasteiger charge is 2.20. The minimum Gasteiger partial charge on any atom is -0.343 e. The van der Waals surface area contributed by atoms with Gasteiger partial charge in [0.25, 0.3) is 0 Å². The molecule has 1 heterocycles. The summed E-state index contributed by atoms with van der Waals surface area (Å²) in [5.74, 6) is 0.888. The number of piperidine rings is 1. The van der Waals surface area contributed by atoms with Crippen LogP contribution in [0.15, 0.2) is 0 Å². The zero-order valence-electron chi connectivity index (χ0n) is 8.68. The Balaban J connectivity index is 2.29. The molecule has 1 atom stereocenters. The van der Waals surface area contributed by atoms with Crippen molar-refractivity contribution >= 4 is 5.91 Å². The molecule has 3 nitrogen and oxygen atoms in total. The summed E-state index contributed by atoms with van der Waals surface area (Å²) >= 11 is 0. The van der Waals surface area contributed by atoms with Gasteiger partial charge in [-0.15, -0.1) is 0 Å². The number of likely N-dealkylation sites (tertiary alicyclic amines) is 1. The fourth-order valence-corrected chi connectivity index (χ4v) is 1.87. The molecule has 3 heteroatoms. The van der Waals surface area contributed by atoms with Gasteiger partial charge >= 0.3 is 0 Å². The Morgan fingerprint density at radius 2 is 2.38 bits per heavy atom. The molecule has 1 unspecified atom stereocenters. The van der Waals surface area contributed by atoms with E-state index < -0.39 is 0 Å². The van der Waals surface area contributed by atoms with E-state index in [1.54, 1.807) is 6.92 Å². The van der Waals surface area contributed by atoms with Crippen molar-refractivity contribution < 1.29 is 4.79 Å². The predicted molar refractivity (Wildman–Crippen MR) is 53.5 cm³/mol. The number of rotatable bonds is 3. The third kappa shape index (κ3) is 3.35. The molecule has 0 spiro atoms. The van der Waals surface area contributed by atoms with E-state index in [9.17, 15) is 4.79 Å². The summed E-state index contributed by atoms with van der Waals surface area (Å²) in [6, 6.07) is 0. The Morgan fingerprint density at radius 1 is 1.62 bits per heavy atom. The summed E-state index contributed by atoms with van der Waals surface area (Å²) in [6.07, 6.45) is 2.42. The van der Waals surface area contributed by atoms with Crippen molar-refractivity contribution in [1.29, 1.82) is 0 Å². The first-order valence-electron chi connectivity index (χ1n) is 5.20. The lowest BCUT2D eigenvalue weighted by Gasteiger charge is -2.32. The van der Waals surface area contributed by atoms with E-state index in [0.717, 1.165) is 32.6 Å². The zero-order chi connectivity index (χ0) is 9.68. The monoisotopic (exact) mass is 184 g/mol. The largest absolute Gasteiger partial charge is 0.343 e. The van der Waals surface area contributed by atoms with Crippen LogP contribution < -0.4 is 5.32 Å². The number of nitrogens with one attached hydrogen (secondary N) is 1. The van der Waals surface area contributed by atoms with Crippen molar-refractivity contribution in [2.45, 2.75) is 26.7 Å². The second kappa shape index (κ2) is 5.22. The third-order valence-corrected chi connectivity index (χ3v) is 2.65. The Hall–Kier alpha value is -0.570. The van der Waals surface area contributed by atoms with Crippen LogP contribution in [-0.4, -0.2) is 37.0 Å². The molecule has 0 radical (unpaired) electrons. The molecule has 0 bridgehead atoms. The van der Waals surface area contributed by atoms with Crippen LogP contribution in [0.25, 0.3) is 0 Å². The Kier molecular flexibility index (Phi) is 4.22. The summed E-state index contributed by atoms with van der Waals surface area (Å²) < 4.78 is 0. The topological polar surface area (TPSA) is 32.3 Å². The number of amides is 1. The number of carbonyl (C=O) groups excluding carboxylic acids is 1. The van der Waals surface area contributed by atoms with E-state index in [1.165, 1.54) is 6.42 Å². The van der Waals surface area contributed by atoms with Crippen molar-refractivity contribution in [3.8, 4) is 0 Å². The number of nitrogens with zero attached hydrogens (tertiary/aromatic N) is 1. The molecule has 0 saturated carbocycles. The molecule has 1 aliphatic heterocycles. The first-order chi connectivity index (χ1) is 6.24. The van der Waals surface area contributed by atoms with Gasteiger partial charge in [0.2, 0.25) is 5.91 Å². The lowest BCUT2D eigenvalue weighted by atomic mass is 9.98. The average Bonchev–Trinajstić information content (AvgIpc) is 2.15. The van der Waals surface area contributed by atoms with Crippen molar-refractivity contribution in [2.24, 2.45) is 5.92 Å². The van der Waals surface area contributed by atoms with Crippen molar-refractivity contribution in [3.63, 3.8) is 0 Å². The van der Waals surface area contributed by atoms with Crippen LogP contribution in [0.3, 0.4) is 0 Å². The highest BCUT2D eigenvalue weighted by Crippen LogP contribution is 2.15.